The average Bonchev–Trinajstić information content (AvgIpc) is 2.86. The Morgan fingerprint density at radius 1 is 0.971 bits per heavy atom. The predicted octanol–water partition coefficient (Wildman–Crippen LogP) is 3.73. The second-order valence-corrected chi connectivity index (χ2v) is 9.95. The minimum atomic E-state index is 0.0253. The number of carbonyl (C=O) groups excluding carboxylic acids is 1. The first-order valence-electron chi connectivity index (χ1n) is 11.9. The minimum Gasteiger partial charge on any atom is -0.493 e. The zero-order valence-electron chi connectivity index (χ0n) is 20.1. The molecule has 1 N–H and O–H groups in total. The molecule has 0 spiro atoms. The monoisotopic (exact) mass is 485 g/mol. The van der Waals surface area contributed by atoms with E-state index in [-0.39, 0.29) is 12.0 Å². The third-order valence-electron chi connectivity index (χ3n) is 6.29. The number of nitrogens with one attached hydrogen (secondary N) is 1. The summed E-state index contributed by atoms with van der Waals surface area (Å²) in [6, 6.07) is 13.9. The molecule has 184 valence electrons. The van der Waals surface area contributed by atoms with Crippen molar-refractivity contribution in [2.24, 2.45) is 0 Å². The lowest BCUT2D eigenvalue weighted by atomic mass is 10.1. The van der Waals surface area contributed by atoms with Crippen LogP contribution in [0.25, 0.3) is 0 Å². The number of benzene rings is 2. The summed E-state index contributed by atoms with van der Waals surface area (Å²) in [7, 11) is 3.26. The molecular formula is C26H35N3O4S. The van der Waals surface area contributed by atoms with E-state index in [0.717, 1.165) is 51.3 Å². The molecule has 7 nitrogen and oxygen atoms in total. The van der Waals surface area contributed by atoms with Crippen LogP contribution in [0.1, 0.15) is 18.4 Å². The van der Waals surface area contributed by atoms with Gasteiger partial charge in [-0.3, -0.25) is 14.6 Å². The second kappa shape index (κ2) is 12.3. The third-order valence-corrected chi connectivity index (χ3v) is 7.23. The average molecular weight is 486 g/mol. The Labute approximate surface area is 206 Å². The molecule has 0 aliphatic carbocycles. The highest BCUT2D eigenvalue weighted by Crippen LogP contribution is 2.38. The van der Waals surface area contributed by atoms with Gasteiger partial charge in [0.25, 0.3) is 0 Å². The molecule has 2 heterocycles. The summed E-state index contributed by atoms with van der Waals surface area (Å²) < 4.78 is 17.1. The van der Waals surface area contributed by atoms with Crippen LogP contribution in [0.4, 0.5) is 5.69 Å². The highest BCUT2D eigenvalue weighted by atomic mass is 32.2. The third kappa shape index (κ3) is 6.81. The molecule has 2 fully saturated rings. The van der Waals surface area contributed by atoms with Gasteiger partial charge in [-0.1, -0.05) is 18.2 Å². The molecule has 1 amide bonds. The van der Waals surface area contributed by atoms with Gasteiger partial charge in [-0.05, 0) is 42.7 Å². The molecule has 2 saturated heterocycles. The maximum atomic E-state index is 12.7. The lowest BCUT2D eigenvalue weighted by Gasteiger charge is -2.32. The molecule has 0 saturated carbocycles. The number of carbonyl (C=O) groups is 1. The fourth-order valence-electron chi connectivity index (χ4n) is 4.45. The Kier molecular flexibility index (Phi) is 8.96. The van der Waals surface area contributed by atoms with Gasteiger partial charge >= 0.3 is 0 Å². The minimum absolute atomic E-state index is 0.0253. The smallest absolute Gasteiger partial charge is 0.238 e. The second-order valence-electron chi connectivity index (χ2n) is 8.72. The van der Waals surface area contributed by atoms with E-state index in [1.807, 2.05) is 42.1 Å². The molecule has 2 aliphatic heterocycles. The molecule has 0 radical (unpaired) electrons. The predicted molar refractivity (Wildman–Crippen MR) is 137 cm³/mol. The lowest BCUT2D eigenvalue weighted by Crippen LogP contribution is -2.42. The quantitative estimate of drug-likeness (QED) is 0.581. The van der Waals surface area contributed by atoms with Gasteiger partial charge in [0.2, 0.25) is 11.7 Å². The molecule has 34 heavy (non-hydrogen) atoms. The van der Waals surface area contributed by atoms with Crippen molar-refractivity contribution in [3.63, 3.8) is 0 Å². The van der Waals surface area contributed by atoms with Gasteiger partial charge in [-0.25, -0.2) is 0 Å². The summed E-state index contributed by atoms with van der Waals surface area (Å²) in [6.45, 7) is 5.20. The first kappa shape index (κ1) is 24.7. The van der Waals surface area contributed by atoms with Crippen molar-refractivity contribution in [1.29, 1.82) is 0 Å². The number of piperidine rings is 1. The van der Waals surface area contributed by atoms with Crippen LogP contribution in [0.2, 0.25) is 0 Å². The van der Waals surface area contributed by atoms with E-state index in [9.17, 15) is 4.79 Å². The summed E-state index contributed by atoms with van der Waals surface area (Å²) in [5.41, 5.74) is 2.12. The van der Waals surface area contributed by atoms with Crippen LogP contribution in [-0.4, -0.2) is 80.3 Å². The number of hydrogen-bond donors (Lipinski definition) is 1. The number of anilines is 1. The van der Waals surface area contributed by atoms with E-state index in [1.54, 1.807) is 14.2 Å². The molecule has 2 aliphatic rings. The molecular weight excluding hydrogens is 450 g/mol. The van der Waals surface area contributed by atoms with Crippen LogP contribution < -0.4 is 19.5 Å². The van der Waals surface area contributed by atoms with Crippen molar-refractivity contribution >= 4 is 23.4 Å². The van der Waals surface area contributed by atoms with E-state index in [0.29, 0.717) is 23.8 Å². The van der Waals surface area contributed by atoms with Crippen molar-refractivity contribution in [3.05, 3.63) is 48.0 Å². The zero-order chi connectivity index (χ0) is 23.8. The number of methoxy groups -OCH3 is 2. The highest BCUT2D eigenvalue weighted by molar-refractivity contribution is 7.99. The van der Waals surface area contributed by atoms with Gasteiger partial charge in [-0.15, -0.1) is 0 Å². The van der Waals surface area contributed by atoms with Crippen molar-refractivity contribution in [3.8, 4) is 17.2 Å². The zero-order valence-corrected chi connectivity index (χ0v) is 20.9. The topological polar surface area (TPSA) is 63.3 Å². The SMILES string of the molecule is COc1cccc(OC)c1OC1CCN(CC(=O)Nc2cccc(CN3CCSCC3)c2)CC1. The molecule has 2 aromatic rings. The van der Waals surface area contributed by atoms with Gasteiger partial charge < -0.3 is 19.5 Å². The van der Waals surface area contributed by atoms with Gasteiger partial charge in [-0.2, -0.15) is 11.8 Å². The fourth-order valence-corrected chi connectivity index (χ4v) is 5.43. The van der Waals surface area contributed by atoms with Gasteiger partial charge in [0.05, 0.1) is 20.8 Å². The molecule has 4 rings (SSSR count). The molecule has 0 bridgehead atoms. The number of likely N-dealkylation sites (tertiary alicyclic amines) is 1. The van der Waals surface area contributed by atoms with Crippen LogP contribution in [0, 0.1) is 0 Å². The maximum Gasteiger partial charge on any atom is 0.238 e. The maximum absolute atomic E-state index is 12.7. The van der Waals surface area contributed by atoms with E-state index < -0.39 is 0 Å². The van der Waals surface area contributed by atoms with Crippen LogP contribution in [-0.2, 0) is 11.3 Å². The van der Waals surface area contributed by atoms with E-state index in [1.165, 1.54) is 17.1 Å². The van der Waals surface area contributed by atoms with Gasteiger partial charge in [0.1, 0.15) is 6.10 Å². The first-order chi connectivity index (χ1) is 16.6. The number of rotatable bonds is 9. The molecule has 0 aromatic heterocycles. The number of nitrogens with zero attached hydrogens (tertiary/aromatic N) is 2. The van der Waals surface area contributed by atoms with Crippen LogP contribution in [0.15, 0.2) is 42.5 Å². The van der Waals surface area contributed by atoms with Crippen molar-refractivity contribution in [1.82, 2.24) is 9.80 Å². The Bertz CT molecular complexity index is 921. The highest BCUT2D eigenvalue weighted by Gasteiger charge is 2.24. The molecule has 0 unspecified atom stereocenters. The summed E-state index contributed by atoms with van der Waals surface area (Å²) in [4.78, 5) is 17.4. The van der Waals surface area contributed by atoms with Gasteiger partial charge in [0, 0.05) is 49.9 Å². The van der Waals surface area contributed by atoms with Crippen molar-refractivity contribution < 1.29 is 19.0 Å². The number of para-hydroxylation sites is 1. The molecule has 8 heteroatoms. The number of amides is 1. The fraction of sp³-hybridized carbons (Fsp3) is 0.500. The standard InChI is InChI=1S/C26H35N3O4S/c1-31-23-7-4-8-24(32-2)26(23)33-22-9-11-28(12-10-22)19-25(30)27-21-6-3-5-20(17-21)18-29-13-15-34-16-14-29/h3-8,17,22H,9-16,18-19H2,1-2H3,(H,27,30). The van der Waals surface area contributed by atoms with E-state index in [2.05, 4.69) is 27.2 Å². The summed E-state index contributed by atoms with van der Waals surface area (Å²) in [6.07, 6.45) is 1.75. The first-order valence-corrected chi connectivity index (χ1v) is 13.1. The van der Waals surface area contributed by atoms with E-state index in [4.69, 9.17) is 14.2 Å². The lowest BCUT2D eigenvalue weighted by molar-refractivity contribution is -0.117. The van der Waals surface area contributed by atoms with Crippen molar-refractivity contribution in [2.45, 2.75) is 25.5 Å². The Morgan fingerprint density at radius 3 is 2.32 bits per heavy atom. The summed E-state index contributed by atoms with van der Waals surface area (Å²) in [5, 5.41) is 3.08. The Morgan fingerprint density at radius 2 is 1.65 bits per heavy atom. The number of ether oxygens (including phenoxy) is 3. The van der Waals surface area contributed by atoms with Crippen LogP contribution in [0.5, 0.6) is 17.2 Å². The number of hydrogen-bond acceptors (Lipinski definition) is 7. The normalized spacial score (nSPS) is 17.8. The van der Waals surface area contributed by atoms with Crippen LogP contribution >= 0.6 is 11.8 Å². The van der Waals surface area contributed by atoms with E-state index >= 15 is 0 Å². The Hall–Kier alpha value is -2.42. The summed E-state index contributed by atoms with van der Waals surface area (Å²) in [5.74, 6) is 4.41. The Balaban J connectivity index is 1.24. The number of thioether (sulfide) groups is 1. The van der Waals surface area contributed by atoms with Crippen LogP contribution in [0.3, 0.4) is 0 Å². The summed E-state index contributed by atoms with van der Waals surface area (Å²) >= 11 is 2.02. The van der Waals surface area contributed by atoms with Gasteiger partial charge in [0.15, 0.2) is 11.5 Å². The molecule has 2 aromatic carbocycles. The van der Waals surface area contributed by atoms with Crippen molar-refractivity contribution in [2.75, 3.05) is 63.8 Å². The molecule has 0 atom stereocenters. The largest absolute Gasteiger partial charge is 0.493 e.